The minimum absolute atomic E-state index is 0.144. The van der Waals surface area contributed by atoms with Crippen molar-refractivity contribution in [1.82, 2.24) is 10.3 Å². The second-order valence-corrected chi connectivity index (χ2v) is 6.31. The number of hydrogen-bond donors (Lipinski definition) is 3. The van der Waals surface area contributed by atoms with Gasteiger partial charge in [-0.15, -0.1) is 0 Å². The third-order valence-electron chi connectivity index (χ3n) is 3.72. The van der Waals surface area contributed by atoms with Crippen LogP contribution < -0.4 is 16.6 Å². The number of hydrogen-bond acceptors (Lipinski definition) is 4. The molecule has 0 aliphatic heterocycles. The maximum Gasteiger partial charge on any atom is 0.255 e. The quantitative estimate of drug-likeness (QED) is 0.586. The Morgan fingerprint density at radius 2 is 2.21 bits per heavy atom. The number of nitrogens with zero attached hydrogens (tertiary/aromatic N) is 1. The minimum Gasteiger partial charge on any atom is -0.351 e. The summed E-state index contributed by atoms with van der Waals surface area (Å²) >= 11 is 3.31. The van der Waals surface area contributed by atoms with E-state index in [9.17, 15) is 4.79 Å². The maximum absolute atomic E-state index is 12.2. The van der Waals surface area contributed by atoms with Gasteiger partial charge in [-0.25, -0.2) is 10.8 Å². The predicted molar refractivity (Wildman–Crippen MR) is 78.7 cm³/mol. The molecule has 6 heteroatoms. The Bertz CT molecular complexity index is 472. The molecule has 104 valence electrons. The smallest absolute Gasteiger partial charge is 0.255 e. The molecule has 1 aliphatic carbocycles. The largest absolute Gasteiger partial charge is 0.351 e. The van der Waals surface area contributed by atoms with Crippen LogP contribution in [0.1, 0.15) is 43.0 Å². The van der Waals surface area contributed by atoms with Crippen LogP contribution in [0.3, 0.4) is 0 Å². The molecule has 0 bridgehead atoms. The van der Waals surface area contributed by atoms with Crippen molar-refractivity contribution >= 4 is 27.7 Å². The Morgan fingerprint density at radius 3 is 2.84 bits per heavy atom. The summed E-state index contributed by atoms with van der Waals surface area (Å²) in [6.45, 7) is 2.92. The van der Waals surface area contributed by atoms with Crippen molar-refractivity contribution in [1.29, 1.82) is 0 Å². The minimum atomic E-state index is -0.144. The van der Waals surface area contributed by atoms with E-state index in [1.54, 1.807) is 12.3 Å². The number of nitrogen functional groups attached to an aromatic ring is 1. The van der Waals surface area contributed by atoms with Crippen LogP contribution >= 0.6 is 15.9 Å². The lowest BCUT2D eigenvalue weighted by atomic mass is 9.89. The average molecular weight is 327 g/mol. The van der Waals surface area contributed by atoms with Gasteiger partial charge in [-0.3, -0.25) is 4.79 Å². The number of pyridine rings is 1. The number of hydrazine groups is 1. The highest BCUT2D eigenvalue weighted by Crippen LogP contribution is 2.36. The third-order valence-corrected chi connectivity index (χ3v) is 4.16. The number of nitrogens with two attached hydrogens (primary N) is 1. The first-order valence-electron chi connectivity index (χ1n) is 6.44. The van der Waals surface area contributed by atoms with E-state index in [-0.39, 0.29) is 11.3 Å². The number of amides is 1. The summed E-state index contributed by atoms with van der Waals surface area (Å²) in [4.78, 5) is 16.3. The van der Waals surface area contributed by atoms with Gasteiger partial charge in [0.1, 0.15) is 0 Å². The average Bonchev–Trinajstić information content (AvgIpc) is 2.83. The Hall–Kier alpha value is -1.14. The number of aromatic nitrogens is 1. The highest BCUT2D eigenvalue weighted by atomic mass is 79.9. The van der Waals surface area contributed by atoms with Gasteiger partial charge < -0.3 is 10.7 Å². The fraction of sp³-hybridized carbons (Fsp3) is 0.538. The van der Waals surface area contributed by atoms with Gasteiger partial charge in [0, 0.05) is 17.2 Å². The van der Waals surface area contributed by atoms with Crippen molar-refractivity contribution in [2.75, 3.05) is 12.0 Å². The molecule has 1 aromatic heterocycles. The highest BCUT2D eigenvalue weighted by molar-refractivity contribution is 9.10. The van der Waals surface area contributed by atoms with E-state index >= 15 is 0 Å². The van der Waals surface area contributed by atoms with Crippen molar-refractivity contribution in [3.05, 3.63) is 22.3 Å². The Kier molecular flexibility index (Phi) is 4.42. The van der Waals surface area contributed by atoms with Gasteiger partial charge in [0.05, 0.1) is 5.56 Å². The number of anilines is 1. The lowest BCUT2D eigenvalue weighted by Gasteiger charge is -2.23. The van der Waals surface area contributed by atoms with Crippen LogP contribution in [0.15, 0.2) is 16.7 Å². The van der Waals surface area contributed by atoms with Crippen LogP contribution in [-0.2, 0) is 0 Å². The molecule has 1 saturated carbocycles. The Morgan fingerprint density at radius 1 is 1.53 bits per heavy atom. The summed E-state index contributed by atoms with van der Waals surface area (Å²) in [6, 6.07) is 1.72. The molecule has 1 aliphatic rings. The van der Waals surface area contributed by atoms with Gasteiger partial charge in [0.25, 0.3) is 5.91 Å². The molecule has 5 nitrogen and oxygen atoms in total. The molecule has 1 amide bonds. The van der Waals surface area contributed by atoms with Crippen LogP contribution in [-0.4, -0.2) is 17.4 Å². The van der Waals surface area contributed by atoms with E-state index in [0.29, 0.717) is 17.9 Å². The summed E-state index contributed by atoms with van der Waals surface area (Å²) in [6.07, 6.45) is 6.45. The third kappa shape index (κ3) is 3.45. The number of halogens is 1. The Balaban J connectivity index is 2.05. The molecule has 1 fully saturated rings. The molecule has 0 aromatic carbocycles. The number of rotatable bonds is 4. The van der Waals surface area contributed by atoms with Crippen molar-refractivity contribution in [2.45, 2.75) is 32.6 Å². The van der Waals surface area contributed by atoms with E-state index in [1.807, 2.05) is 0 Å². The maximum atomic E-state index is 12.2. The van der Waals surface area contributed by atoms with Gasteiger partial charge in [0.15, 0.2) is 5.82 Å². The van der Waals surface area contributed by atoms with E-state index < -0.39 is 0 Å². The first-order chi connectivity index (χ1) is 9.04. The standard InChI is InChI=1S/C13H19BrN4O/c1-13(4-2-3-5-13)8-17-12(19)10-6-9(14)7-16-11(10)18-15/h6-7H,2-5,8,15H2,1H3,(H,16,18)(H,17,19). The molecule has 0 spiro atoms. The zero-order valence-electron chi connectivity index (χ0n) is 11.0. The lowest BCUT2D eigenvalue weighted by Crippen LogP contribution is -2.34. The van der Waals surface area contributed by atoms with Crippen molar-refractivity contribution in [3.63, 3.8) is 0 Å². The predicted octanol–water partition coefficient (Wildman–Crippen LogP) is 2.44. The van der Waals surface area contributed by atoms with Crippen LogP contribution in [0.2, 0.25) is 0 Å². The van der Waals surface area contributed by atoms with Crippen molar-refractivity contribution in [2.24, 2.45) is 11.3 Å². The molecular formula is C13H19BrN4O. The van der Waals surface area contributed by atoms with E-state index in [0.717, 1.165) is 4.47 Å². The molecule has 0 unspecified atom stereocenters. The molecule has 2 rings (SSSR count). The first kappa shape index (κ1) is 14.3. The van der Waals surface area contributed by atoms with Gasteiger partial charge in [-0.1, -0.05) is 19.8 Å². The highest BCUT2D eigenvalue weighted by Gasteiger charge is 2.29. The van der Waals surface area contributed by atoms with Crippen LogP contribution in [0, 0.1) is 5.41 Å². The summed E-state index contributed by atoms with van der Waals surface area (Å²) < 4.78 is 0.753. The molecule has 1 heterocycles. The van der Waals surface area contributed by atoms with Gasteiger partial charge in [-0.2, -0.15) is 0 Å². The number of carbonyl (C=O) groups excluding carboxylic acids is 1. The monoisotopic (exact) mass is 326 g/mol. The molecule has 0 saturated heterocycles. The summed E-state index contributed by atoms with van der Waals surface area (Å²) in [7, 11) is 0. The van der Waals surface area contributed by atoms with E-state index in [2.05, 4.69) is 38.6 Å². The second-order valence-electron chi connectivity index (χ2n) is 5.39. The van der Waals surface area contributed by atoms with Crippen LogP contribution in [0.25, 0.3) is 0 Å². The summed E-state index contributed by atoms with van der Waals surface area (Å²) in [5, 5.41) is 2.99. The SMILES string of the molecule is CC1(CNC(=O)c2cc(Br)cnc2NN)CCCC1. The normalized spacial score (nSPS) is 17.2. The van der Waals surface area contributed by atoms with E-state index in [4.69, 9.17) is 5.84 Å². The fourth-order valence-electron chi connectivity index (χ4n) is 2.52. The fourth-order valence-corrected chi connectivity index (χ4v) is 2.85. The summed E-state index contributed by atoms with van der Waals surface area (Å²) in [5.41, 5.74) is 3.13. The second kappa shape index (κ2) is 5.88. The van der Waals surface area contributed by atoms with Crippen LogP contribution in [0.4, 0.5) is 5.82 Å². The molecule has 19 heavy (non-hydrogen) atoms. The zero-order valence-corrected chi connectivity index (χ0v) is 12.6. The molecule has 4 N–H and O–H groups in total. The first-order valence-corrected chi connectivity index (χ1v) is 7.24. The van der Waals surface area contributed by atoms with Crippen LogP contribution in [0.5, 0.6) is 0 Å². The number of nitrogens with one attached hydrogen (secondary N) is 2. The van der Waals surface area contributed by atoms with Gasteiger partial charge in [-0.05, 0) is 40.3 Å². The summed E-state index contributed by atoms with van der Waals surface area (Å²) in [5.74, 6) is 5.62. The van der Waals surface area contributed by atoms with E-state index in [1.165, 1.54) is 25.7 Å². The molecular weight excluding hydrogens is 308 g/mol. The lowest BCUT2D eigenvalue weighted by molar-refractivity contribution is 0.0934. The van der Waals surface area contributed by atoms with Crippen molar-refractivity contribution in [3.8, 4) is 0 Å². The topological polar surface area (TPSA) is 80.0 Å². The zero-order chi connectivity index (χ0) is 13.9. The molecule has 0 atom stereocenters. The van der Waals surface area contributed by atoms with Gasteiger partial charge in [0.2, 0.25) is 0 Å². The van der Waals surface area contributed by atoms with Crippen molar-refractivity contribution < 1.29 is 4.79 Å². The molecule has 1 aromatic rings. The Labute approximate surface area is 121 Å². The van der Waals surface area contributed by atoms with Gasteiger partial charge >= 0.3 is 0 Å². The molecule has 0 radical (unpaired) electrons. The number of carbonyl (C=O) groups is 1.